The minimum absolute atomic E-state index is 0.210. The molecule has 2 heterocycles. The monoisotopic (exact) mass is 238 g/mol. The van der Waals surface area contributed by atoms with Crippen molar-refractivity contribution in [2.24, 2.45) is 0 Å². The normalized spacial score (nSPS) is 18.4. The van der Waals surface area contributed by atoms with E-state index in [4.69, 9.17) is 4.52 Å². The number of carbonyl (C=O) groups is 1. The van der Waals surface area contributed by atoms with E-state index in [1.54, 1.807) is 0 Å². The van der Waals surface area contributed by atoms with E-state index < -0.39 is 0 Å². The maximum Gasteiger partial charge on any atom is 0.233 e. The quantitative estimate of drug-likeness (QED) is 0.651. The number of aromatic nitrogens is 2. The van der Waals surface area contributed by atoms with E-state index in [1.807, 2.05) is 0 Å². The Labute approximate surface area is 101 Å². The van der Waals surface area contributed by atoms with Gasteiger partial charge in [-0.15, -0.1) is 0 Å². The fourth-order valence-corrected chi connectivity index (χ4v) is 1.88. The standard InChI is InChI=1S/C11H18N4O2/c1-14-5-7-15(8-6-14)4-2-10-12-11(3-9-16)17-13-10/h9H,2-8H2,1H3. The van der Waals surface area contributed by atoms with Crippen molar-refractivity contribution in [3.63, 3.8) is 0 Å². The van der Waals surface area contributed by atoms with Crippen molar-refractivity contribution in [2.75, 3.05) is 39.8 Å². The van der Waals surface area contributed by atoms with Gasteiger partial charge in [0.15, 0.2) is 5.82 Å². The van der Waals surface area contributed by atoms with E-state index in [9.17, 15) is 4.79 Å². The third-order valence-electron chi connectivity index (χ3n) is 3.02. The first-order chi connectivity index (χ1) is 8.28. The number of piperazine rings is 1. The zero-order chi connectivity index (χ0) is 12.1. The van der Waals surface area contributed by atoms with Crippen LogP contribution in [-0.2, 0) is 17.6 Å². The summed E-state index contributed by atoms with van der Waals surface area (Å²) < 4.78 is 4.94. The number of aldehydes is 1. The first-order valence-electron chi connectivity index (χ1n) is 5.94. The lowest BCUT2D eigenvalue weighted by atomic mass is 10.3. The average molecular weight is 238 g/mol. The number of rotatable bonds is 5. The predicted octanol–water partition coefficient (Wildman–Crippen LogP) is -0.399. The van der Waals surface area contributed by atoms with Crippen molar-refractivity contribution < 1.29 is 9.32 Å². The Morgan fingerprint density at radius 3 is 2.82 bits per heavy atom. The van der Waals surface area contributed by atoms with Gasteiger partial charge in [0.25, 0.3) is 0 Å². The molecule has 0 bridgehead atoms. The van der Waals surface area contributed by atoms with Crippen molar-refractivity contribution in [3.8, 4) is 0 Å². The van der Waals surface area contributed by atoms with Crippen molar-refractivity contribution in [1.29, 1.82) is 0 Å². The molecule has 1 aliphatic rings. The van der Waals surface area contributed by atoms with Crippen LogP contribution in [0.5, 0.6) is 0 Å². The fraction of sp³-hybridized carbons (Fsp3) is 0.727. The topological polar surface area (TPSA) is 62.5 Å². The molecule has 1 aromatic heterocycles. The molecule has 6 nitrogen and oxygen atoms in total. The molecule has 0 aromatic carbocycles. The summed E-state index contributed by atoms with van der Waals surface area (Å²) in [4.78, 5) is 19.2. The van der Waals surface area contributed by atoms with Gasteiger partial charge in [0.2, 0.25) is 5.89 Å². The molecule has 2 rings (SSSR count). The average Bonchev–Trinajstić information content (AvgIpc) is 2.77. The van der Waals surface area contributed by atoms with Crippen molar-refractivity contribution >= 4 is 6.29 Å². The molecule has 0 N–H and O–H groups in total. The zero-order valence-corrected chi connectivity index (χ0v) is 10.1. The second-order valence-corrected chi connectivity index (χ2v) is 4.37. The minimum Gasteiger partial charge on any atom is -0.339 e. The van der Waals surface area contributed by atoms with Gasteiger partial charge in [0, 0.05) is 39.1 Å². The number of hydrogen-bond donors (Lipinski definition) is 0. The Kier molecular flexibility index (Phi) is 4.22. The SMILES string of the molecule is CN1CCN(CCc2noc(CC=O)n2)CC1. The molecule has 0 amide bonds. The van der Waals surface area contributed by atoms with E-state index in [0.29, 0.717) is 11.7 Å². The largest absolute Gasteiger partial charge is 0.339 e. The second-order valence-electron chi connectivity index (χ2n) is 4.37. The van der Waals surface area contributed by atoms with Crippen LogP contribution in [0.15, 0.2) is 4.52 Å². The summed E-state index contributed by atoms with van der Waals surface area (Å²) in [6.45, 7) is 5.37. The maximum absolute atomic E-state index is 10.3. The van der Waals surface area contributed by atoms with Crippen LogP contribution in [0.4, 0.5) is 0 Å². The van der Waals surface area contributed by atoms with Gasteiger partial charge in [-0.2, -0.15) is 4.98 Å². The Balaban J connectivity index is 1.75. The summed E-state index contributed by atoms with van der Waals surface area (Å²) in [5.74, 6) is 1.11. The van der Waals surface area contributed by atoms with Crippen LogP contribution in [0.3, 0.4) is 0 Å². The highest BCUT2D eigenvalue weighted by atomic mass is 16.5. The van der Waals surface area contributed by atoms with E-state index >= 15 is 0 Å². The fourth-order valence-electron chi connectivity index (χ4n) is 1.88. The van der Waals surface area contributed by atoms with Crippen LogP contribution in [0.2, 0.25) is 0 Å². The lowest BCUT2D eigenvalue weighted by Gasteiger charge is -2.31. The Hall–Kier alpha value is -1.27. The molecule has 0 saturated carbocycles. The second kappa shape index (κ2) is 5.88. The Morgan fingerprint density at radius 1 is 1.35 bits per heavy atom. The number of hydrogen-bond acceptors (Lipinski definition) is 6. The molecule has 0 radical (unpaired) electrons. The molecule has 17 heavy (non-hydrogen) atoms. The lowest BCUT2D eigenvalue weighted by molar-refractivity contribution is -0.107. The summed E-state index contributed by atoms with van der Waals surface area (Å²) >= 11 is 0. The Bertz CT molecular complexity index is 358. The molecule has 0 atom stereocenters. The van der Waals surface area contributed by atoms with Gasteiger partial charge in [0.05, 0.1) is 6.42 Å². The molecule has 6 heteroatoms. The molecule has 0 spiro atoms. The molecule has 1 saturated heterocycles. The predicted molar refractivity (Wildman–Crippen MR) is 61.7 cm³/mol. The van der Waals surface area contributed by atoms with Gasteiger partial charge in [-0.05, 0) is 7.05 Å². The van der Waals surface area contributed by atoms with Gasteiger partial charge in [-0.25, -0.2) is 0 Å². The zero-order valence-electron chi connectivity index (χ0n) is 10.1. The van der Waals surface area contributed by atoms with Gasteiger partial charge < -0.3 is 19.1 Å². The smallest absolute Gasteiger partial charge is 0.233 e. The van der Waals surface area contributed by atoms with Gasteiger partial charge in [0.1, 0.15) is 6.29 Å². The summed E-state index contributed by atoms with van der Waals surface area (Å²) in [6, 6.07) is 0. The van der Waals surface area contributed by atoms with Gasteiger partial charge in [-0.1, -0.05) is 5.16 Å². The molecule has 94 valence electrons. The number of nitrogens with zero attached hydrogens (tertiary/aromatic N) is 4. The van der Waals surface area contributed by atoms with Crippen molar-refractivity contribution in [3.05, 3.63) is 11.7 Å². The van der Waals surface area contributed by atoms with E-state index in [0.717, 1.165) is 45.4 Å². The van der Waals surface area contributed by atoms with Crippen molar-refractivity contribution in [1.82, 2.24) is 19.9 Å². The number of carbonyl (C=O) groups excluding carboxylic acids is 1. The molecule has 0 aliphatic carbocycles. The summed E-state index contributed by atoms with van der Waals surface area (Å²) in [6.07, 6.45) is 1.77. The van der Waals surface area contributed by atoms with Gasteiger partial charge in [-0.3, -0.25) is 0 Å². The summed E-state index contributed by atoms with van der Waals surface area (Å²) in [5, 5.41) is 3.85. The first kappa shape index (κ1) is 12.2. The molecular formula is C11H18N4O2. The highest BCUT2D eigenvalue weighted by molar-refractivity contribution is 5.52. The van der Waals surface area contributed by atoms with Crippen LogP contribution in [0.1, 0.15) is 11.7 Å². The van der Waals surface area contributed by atoms with Crippen LogP contribution in [0, 0.1) is 0 Å². The van der Waals surface area contributed by atoms with Crippen LogP contribution >= 0.6 is 0 Å². The third-order valence-corrected chi connectivity index (χ3v) is 3.02. The third kappa shape index (κ3) is 3.61. The highest BCUT2D eigenvalue weighted by Crippen LogP contribution is 2.03. The summed E-state index contributed by atoms with van der Waals surface area (Å²) in [7, 11) is 2.14. The minimum atomic E-state index is 0.210. The molecule has 0 unspecified atom stereocenters. The molecular weight excluding hydrogens is 220 g/mol. The first-order valence-corrected chi connectivity index (χ1v) is 5.94. The maximum atomic E-state index is 10.3. The molecule has 1 aliphatic heterocycles. The van der Waals surface area contributed by atoms with E-state index in [2.05, 4.69) is 27.0 Å². The molecule has 1 fully saturated rings. The lowest BCUT2D eigenvalue weighted by Crippen LogP contribution is -2.45. The van der Waals surface area contributed by atoms with Crippen LogP contribution in [-0.4, -0.2) is 66.0 Å². The molecule has 1 aromatic rings. The van der Waals surface area contributed by atoms with Crippen LogP contribution < -0.4 is 0 Å². The van der Waals surface area contributed by atoms with Crippen LogP contribution in [0.25, 0.3) is 0 Å². The Morgan fingerprint density at radius 2 is 2.12 bits per heavy atom. The van der Waals surface area contributed by atoms with E-state index in [-0.39, 0.29) is 6.42 Å². The van der Waals surface area contributed by atoms with E-state index in [1.165, 1.54) is 0 Å². The summed E-state index contributed by atoms with van der Waals surface area (Å²) in [5.41, 5.74) is 0. The van der Waals surface area contributed by atoms with Gasteiger partial charge >= 0.3 is 0 Å². The number of likely N-dealkylation sites (N-methyl/N-ethyl adjacent to an activating group) is 1. The van der Waals surface area contributed by atoms with Crippen molar-refractivity contribution in [2.45, 2.75) is 12.8 Å². The highest BCUT2D eigenvalue weighted by Gasteiger charge is 2.14.